The molecule has 1 aliphatic rings. The number of carbonyl (C=O) groups is 1. The number of nitrogens with zero attached hydrogens (tertiary/aromatic N) is 2. The van der Waals surface area contributed by atoms with Gasteiger partial charge in [0.2, 0.25) is 6.93 Å². The molecule has 0 amide bonds. The van der Waals surface area contributed by atoms with Crippen molar-refractivity contribution in [3.8, 4) is 5.75 Å². The molecule has 2 aromatic rings. The Kier molecular flexibility index (Phi) is 15.6. The van der Waals surface area contributed by atoms with Crippen LogP contribution in [0, 0.1) is 0 Å². The van der Waals surface area contributed by atoms with Crippen LogP contribution < -0.4 is 21.0 Å². The summed E-state index contributed by atoms with van der Waals surface area (Å²) in [5.41, 5.74) is 4.93. The number of methoxy groups -OCH3 is 1. The van der Waals surface area contributed by atoms with Crippen molar-refractivity contribution in [2.45, 2.75) is 44.8 Å². The lowest BCUT2D eigenvalue weighted by molar-refractivity contribution is -0.107. The number of hydrogen-bond acceptors (Lipinski definition) is 10. The number of aldehydes is 1. The van der Waals surface area contributed by atoms with E-state index in [1.54, 1.807) is 19.2 Å². The van der Waals surface area contributed by atoms with E-state index in [0.29, 0.717) is 18.1 Å². The molecule has 202 valence electrons. The van der Waals surface area contributed by atoms with Crippen LogP contribution in [-0.4, -0.2) is 66.4 Å². The van der Waals surface area contributed by atoms with Gasteiger partial charge in [-0.15, -0.1) is 0 Å². The molecule has 1 aromatic heterocycles. The zero-order valence-corrected chi connectivity index (χ0v) is 21.2. The number of halogens is 2. The molecule has 0 spiro atoms. The first-order valence-electron chi connectivity index (χ1n) is 10.9. The van der Waals surface area contributed by atoms with Crippen molar-refractivity contribution < 1.29 is 37.2 Å². The summed E-state index contributed by atoms with van der Waals surface area (Å²) in [5.74, 6) is 0.696. The first kappa shape index (κ1) is 31.5. The highest BCUT2D eigenvalue weighted by Crippen LogP contribution is 2.37. The fraction of sp³-hybridized carbons (Fsp3) is 0.500. The number of anilines is 1. The molecule has 0 radical (unpaired) electrons. The monoisotopic (exact) mass is 534 g/mol. The van der Waals surface area contributed by atoms with Crippen molar-refractivity contribution in [1.29, 1.82) is 0 Å². The quantitative estimate of drug-likeness (QED) is 0.307. The number of hydrogen-bond donors (Lipinski definition) is 3. The van der Waals surface area contributed by atoms with Gasteiger partial charge in [0, 0.05) is 19.7 Å². The zero-order chi connectivity index (χ0) is 26.9. The minimum absolute atomic E-state index is 0.0131. The highest BCUT2D eigenvalue weighted by Gasteiger charge is 2.36. The van der Waals surface area contributed by atoms with E-state index < -0.39 is 39.6 Å². The first-order valence-corrected chi connectivity index (χ1v) is 12.1. The van der Waals surface area contributed by atoms with Gasteiger partial charge in [0.25, 0.3) is 0 Å². The van der Waals surface area contributed by atoms with Gasteiger partial charge in [0.15, 0.2) is 0 Å². The number of aliphatic hydroxyl groups excluding tert-OH is 1. The zero-order valence-electron chi connectivity index (χ0n) is 20.3. The molecule has 0 aliphatic carbocycles. The summed E-state index contributed by atoms with van der Waals surface area (Å²) in [4.78, 5) is 26.3. The minimum atomic E-state index is -1.75. The molecule has 4 atom stereocenters. The molecule has 11 nitrogen and oxygen atoms in total. The van der Waals surface area contributed by atoms with E-state index >= 15 is 0 Å². The number of para-hydroxylation sites is 1. The van der Waals surface area contributed by atoms with Crippen LogP contribution in [0.5, 0.6) is 5.75 Å². The molecular formula is C22H33F2N4O7P. The Hall–Kier alpha value is -2.54. The van der Waals surface area contributed by atoms with Crippen molar-refractivity contribution in [2.24, 2.45) is 0 Å². The summed E-state index contributed by atoms with van der Waals surface area (Å²) < 4.78 is 42.4. The van der Waals surface area contributed by atoms with Gasteiger partial charge in [0.1, 0.15) is 30.2 Å². The van der Waals surface area contributed by atoms with Gasteiger partial charge in [-0.25, -0.2) is 18.7 Å². The number of aliphatic hydroxyl groups is 1. The number of nitrogens with one attached hydrogen (secondary N) is 1. The second kappa shape index (κ2) is 17.8. The van der Waals surface area contributed by atoms with Crippen LogP contribution >= 0.6 is 8.53 Å². The third-order valence-electron chi connectivity index (χ3n) is 4.43. The molecule has 4 N–H and O–H groups in total. The minimum Gasteiger partial charge on any atom is -0.436 e. The van der Waals surface area contributed by atoms with Gasteiger partial charge in [-0.3, -0.25) is 4.57 Å². The highest BCUT2D eigenvalue weighted by atomic mass is 31.2. The van der Waals surface area contributed by atoms with Crippen LogP contribution in [0.2, 0.25) is 0 Å². The van der Waals surface area contributed by atoms with E-state index in [4.69, 9.17) is 24.3 Å². The molecule has 0 bridgehead atoms. The van der Waals surface area contributed by atoms with E-state index in [1.807, 2.05) is 32.0 Å². The van der Waals surface area contributed by atoms with E-state index in [1.165, 1.54) is 16.8 Å². The molecule has 1 aromatic carbocycles. The maximum atomic E-state index is 11.9. The Labute approximate surface area is 209 Å². The number of nitrogens with two attached hydrogens (primary N) is 1. The van der Waals surface area contributed by atoms with Gasteiger partial charge >= 0.3 is 14.2 Å². The van der Waals surface area contributed by atoms with E-state index in [2.05, 4.69) is 10.1 Å². The molecule has 36 heavy (non-hydrogen) atoms. The summed E-state index contributed by atoms with van der Waals surface area (Å²) in [5, 5.41) is 13.1. The van der Waals surface area contributed by atoms with Crippen molar-refractivity contribution in [2.75, 3.05) is 32.9 Å². The largest absolute Gasteiger partial charge is 0.436 e. The maximum absolute atomic E-state index is 11.9. The number of ether oxygens (including phenoxy) is 2. The fourth-order valence-electron chi connectivity index (χ4n) is 2.62. The van der Waals surface area contributed by atoms with Crippen LogP contribution in [0.3, 0.4) is 0 Å². The van der Waals surface area contributed by atoms with Crippen molar-refractivity contribution >= 4 is 20.6 Å². The van der Waals surface area contributed by atoms with Crippen LogP contribution in [0.25, 0.3) is 0 Å². The Morgan fingerprint density at radius 3 is 2.53 bits per heavy atom. The molecule has 2 heterocycles. The number of aromatic nitrogens is 2. The lowest BCUT2D eigenvalue weighted by Gasteiger charge is -2.21. The Bertz CT molecular complexity index is 927. The Morgan fingerprint density at radius 2 is 1.97 bits per heavy atom. The third kappa shape index (κ3) is 11.9. The summed E-state index contributed by atoms with van der Waals surface area (Å²) in [6.45, 7) is 2.32. The molecule has 1 saturated heterocycles. The lowest BCUT2D eigenvalue weighted by Crippen LogP contribution is -2.29. The average Bonchev–Trinajstić information content (AvgIpc) is 3.22. The molecular weight excluding hydrogens is 501 g/mol. The second-order valence-electron chi connectivity index (χ2n) is 7.35. The molecule has 14 heteroatoms. The van der Waals surface area contributed by atoms with Crippen LogP contribution in [0.4, 0.5) is 14.6 Å². The molecule has 1 fully saturated rings. The van der Waals surface area contributed by atoms with E-state index in [9.17, 15) is 23.5 Å². The predicted molar refractivity (Wildman–Crippen MR) is 131 cm³/mol. The summed E-state index contributed by atoms with van der Waals surface area (Å²) in [7, 11) is 0.0722. The second-order valence-corrected chi connectivity index (χ2v) is 8.62. The van der Waals surface area contributed by atoms with Crippen molar-refractivity contribution in [1.82, 2.24) is 14.6 Å². The lowest BCUT2D eigenvalue weighted by atomic mass is 10.2. The van der Waals surface area contributed by atoms with Crippen LogP contribution in [-0.2, 0) is 18.8 Å². The van der Waals surface area contributed by atoms with Gasteiger partial charge in [-0.1, -0.05) is 18.2 Å². The van der Waals surface area contributed by atoms with Gasteiger partial charge in [-0.05, 0) is 32.0 Å². The topological polar surface area (TPSA) is 147 Å². The number of benzene rings is 1. The first-order chi connectivity index (χ1) is 17.2. The summed E-state index contributed by atoms with van der Waals surface area (Å²) in [6.07, 6.45) is 0.584. The smallest absolute Gasteiger partial charge is 0.351 e. The SMILES string of the molecule is COC(C)C.FCF.Nc1ccn(C2CC(O)C(COP(NCC=O)Oc3ccccc3)O2)c(=O)n1. The van der Waals surface area contributed by atoms with Crippen LogP contribution in [0.15, 0.2) is 47.4 Å². The van der Waals surface area contributed by atoms with E-state index in [0.717, 1.165) is 0 Å². The maximum Gasteiger partial charge on any atom is 0.351 e. The Balaban J connectivity index is 0.000000709. The molecule has 0 saturated carbocycles. The fourth-order valence-corrected chi connectivity index (χ4v) is 3.64. The summed E-state index contributed by atoms with van der Waals surface area (Å²) in [6, 6.07) is 10.5. The molecule has 4 unspecified atom stereocenters. The average molecular weight is 534 g/mol. The number of rotatable bonds is 10. The molecule has 1 aliphatic heterocycles. The standard InChI is InChI=1S/C17H21N4O6P.C4H10O.CH2F2/c18-15-6-8-21(17(24)20-15)16-10-13(23)14(26-16)11-25-28(19-7-9-22)27-12-4-2-1-3-5-12;1-4(2)5-3;2-1-3/h1-6,8-9,13-14,16,19,23H,7,10-11H2,(H2,18,20,24);4H,1-3H3;1H2. The van der Waals surface area contributed by atoms with Gasteiger partial charge < -0.3 is 34.2 Å². The highest BCUT2D eigenvalue weighted by molar-refractivity contribution is 7.45. The van der Waals surface area contributed by atoms with Crippen molar-refractivity contribution in [3.05, 3.63) is 53.1 Å². The predicted octanol–water partition coefficient (Wildman–Crippen LogP) is 2.51. The van der Waals surface area contributed by atoms with Crippen LogP contribution in [0.1, 0.15) is 26.5 Å². The van der Waals surface area contributed by atoms with Gasteiger partial charge in [-0.2, -0.15) is 4.98 Å². The number of alkyl halides is 2. The Morgan fingerprint density at radius 1 is 1.33 bits per heavy atom. The van der Waals surface area contributed by atoms with E-state index in [-0.39, 0.29) is 25.4 Å². The van der Waals surface area contributed by atoms with Gasteiger partial charge in [0.05, 0.1) is 25.4 Å². The third-order valence-corrected chi connectivity index (χ3v) is 5.63. The van der Waals surface area contributed by atoms with Crippen molar-refractivity contribution in [3.63, 3.8) is 0 Å². The molecule has 3 rings (SSSR count). The normalized spacial score (nSPS) is 19.5. The number of carbonyl (C=O) groups excluding carboxylic acids is 1. The summed E-state index contributed by atoms with van der Waals surface area (Å²) >= 11 is 0. The number of nitrogen functional groups attached to an aromatic ring is 1.